The number of nitrogen functional groups attached to an aromatic ring is 1. The number of pyridine rings is 1. The number of nitrogens with zero attached hydrogens (tertiary/aromatic N) is 2. The highest BCUT2D eigenvalue weighted by Crippen LogP contribution is 2.29. The highest BCUT2D eigenvalue weighted by molar-refractivity contribution is 5.60. The number of nitrogens with one attached hydrogen (secondary N) is 1. The third-order valence-electron chi connectivity index (χ3n) is 3.22. The van der Waals surface area contributed by atoms with Gasteiger partial charge in [0.1, 0.15) is 11.6 Å². The van der Waals surface area contributed by atoms with Crippen LogP contribution in [0, 0.1) is 0 Å². The SMILES string of the molecule is COc1cc(N)ncc1N1CCNC([C@@H](C)O)C1. The van der Waals surface area contributed by atoms with E-state index in [9.17, 15) is 5.11 Å². The fraction of sp³-hybridized carbons (Fsp3) is 0.583. The van der Waals surface area contributed by atoms with Gasteiger partial charge in [-0.05, 0) is 6.92 Å². The van der Waals surface area contributed by atoms with Gasteiger partial charge < -0.3 is 25.8 Å². The summed E-state index contributed by atoms with van der Waals surface area (Å²) in [5.41, 5.74) is 6.56. The van der Waals surface area contributed by atoms with E-state index in [1.807, 2.05) is 0 Å². The van der Waals surface area contributed by atoms with Crippen LogP contribution < -0.4 is 20.7 Å². The number of rotatable bonds is 3. The summed E-state index contributed by atoms with van der Waals surface area (Å²) < 4.78 is 5.33. The summed E-state index contributed by atoms with van der Waals surface area (Å²) in [7, 11) is 1.62. The van der Waals surface area contributed by atoms with Crippen LogP contribution in [0.2, 0.25) is 0 Å². The Kier molecular flexibility index (Phi) is 3.88. The highest BCUT2D eigenvalue weighted by atomic mass is 16.5. The van der Waals surface area contributed by atoms with Gasteiger partial charge >= 0.3 is 0 Å². The Bertz CT molecular complexity index is 411. The molecular weight excluding hydrogens is 232 g/mol. The topological polar surface area (TPSA) is 83.6 Å². The Balaban J connectivity index is 2.20. The summed E-state index contributed by atoms with van der Waals surface area (Å²) in [5, 5.41) is 12.9. The van der Waals surface area contributed by atoms with Gasteiger partial charge in [0, 0.05) is 25.7 Å². The zero-order valence-corrected chi connectivity index (χ0v) is 10.8. The van der Waals surface area contributed by atoms with Gasteiger partial charge in [-0.25, -0.2) is 4.98 Å². The van der Waals surface area contributed by atoms with Crippen LogP contribution in [0.3, 0.4) is 0 Å². The Morgan fingerprint density at radius 3 is 3.11 bits per heavy atom. The average molecular weight is 252 g/mol. The molecule has 1 fully saturated rings. The van der Waals surface area contributed by atoms with Crippen molar-refractivity contribution in [3.63, 3.8) is 0 Å². The predicted octanol–water partition coefficient (Wildman–Crippen LogP) is -0.169. The van der Waals surface area contributed by atoms with Gasteiger partial charge in [0.25, 0.3) is 0 Å². The number of piperazine rings is 1. The van der Waals surface area contributed by atoms with Crippen molar-refractivity contribution in [1.82, 2.24) is 10.3 Å². The molecule has 1 saturated heterocycles. The molecule has 1 unspecified atom stereocenters. The fourth-order valence-electron chi connectivity index (χ4n) is 2.17. The van der Waals surface area contributed by atoms with E-state index in [4.69, 9.17) is 10.5 Å². The minimum atomic E-state index is -0.388. The second-order valence-corrected chi connectivity index (χ2v) is 4.53. The molecule has 2 heterocycles. The third kappa shape index (κ3) is 2.65. The minimum Gasteiger partial charge on any atom is -0.494 e. The molecular formula is C12H20N4O2. The number of nitrogens with two attached hydrogens (primary N) is 1. The molecule has 0 bridgehead atoms. The quantitative estimate of drug-likeness (QED) is 0.693. The van der Waals surface area contributed by atoms with E-state index in [1.165, 1.54) is 0 Å². The Morgan fingerprint density at radius 2 is 2.44 bits per heavy atom. The molecule has 1 aromatic heterocycles. The lowest BCUT2D eigenvalue weighted by atomic mass is 10.1. The molecule has 0 radical (unpaired) electrons. The maximum atomic E-state index is 9.66. The van der Waals surface area contributed by atoms with Crippen molar-refractivity contribution in [2.24, 2.45) is 0 Å². The van der Waals surface area contributed by atoms with Crippen LogP contribution >= 0.6 is 0 Å². The van der Waals surface area contributed by atoms with Crippen molar-refractivity contribution in [2.45, 2.75) is 19.1 Å². The second kappa shape index (κ2) is 5.41. The van der Waals surface area contributed by atoms with Crippen molar-refractivity contribution in [3.8, 4) is 5.75 Å². The number of anilines is 2. The zero-order chi connectivity index (χ0) is 13.1. The maximum absolute atomic E-state index is 9.66. The lowest BCUT2D eigenvalue weighted by Gasteiger charge is -2.36. The fourth-order valence-corrected chi connectivity index (χ4v) is 2.17. The summed E-state index contributed by atoms with van der Waals surface area (Å²) in [6, 6.07) is 1.77. The lowest BCUT2D eigenvalue weighted by molar-refractivity contribution is 0.141. The predicted molar refractivity (Wildman–Crippen MR) is 70.9 cm³/mol. The van der Waals surface area contributed by atoms with Crippen LogP contribution in [0.5, 0.6) is 5.75 Å². The first-order valence-corrected chi connectivity index (χ1v) is 6.07. The first-order chi connectivity index (χ1) is 8.61. The molecule has 6 nitrogen and oxygen atoms in total. The first-order valence-electron chi connectivity index (χ1n) is 6.07. The molecule has 1 aromatic rings. The van der Waals surface area contributed by atoms with Gasteiger partial charge in [-0.2, -0.15) is 0 Å². The molecule has 0 aliphatic carbocycles. The molecule has 0 aromatic carbocycles. The number of methoxy groups -OCH3 is 1. The number of aliphatic hydroxyl groups excluding tert-OH is 1. The van der Waals surface area contributed by atoms with Crippen molar-refractivity contribution in [2.75, 3.05) is 37.4 Å². The molecule has 4 N–H and O–H groups in total. The van der Waals surface area contributed by atoms with Crippen LogP contribution in [0.4, 0.5) is 11.5 Å². The summed E-state index contributed by atoms with van der Waals surface area (Å²) >= 11 is 0. The standard InChI is InChI=1S/C12H20N4O2/c1-8(17)9-7-16(4-3-14-9)10-6-15-12(13)5-11(10)18-2/h5-6,8-9,14,17H,3-4,7H2,1-2H3,(H2,13,15)/t8-,9?/m1/s1. The maximum Gasteiger partial charge on any atom is 0.147 e. The van der Waals surface area contributed by atoms with Gasteiger partial charge in [-0.15, -0.1) is 0 Å². The summed E-state index contributed by atoms with van der Waals surface area (Å²) in [6.07, 6.45) is 1.33. The van der Waals surface area contributed by atoms with Gasteiger partial charge in [0.05, 0.1) is 31.1 Å². The van der Waals surface area contributed by atoms with Gasteiger partial charge in [0.2, 0.25) is 0 Å². The lowest BCUT2D eigenvalue weighted by Crippen LogP contribution is -2.55. The van der Waals surface area contributed by atoms with Crippen LogP contribution in [-0.2, 0) is 0 Å². The van der Waals surface area contributed by atoms with E-state index >= 15 is 0 Å². The van der Waals surface area contributed by atoms with Gasteiger partial charge in [-0.3, -0.25) is 0 Å². The molecule has 1 aliphatic heterocycles. The van der Waals surface area contributed by atoms with E-state index in [2.05, 4.69) is 15.2 Å². The van der Waals surface area contributed by atoms with Crippen LogP contribution in [0.25, 0.3) is 0 Å². The van der Waals surface area contributed by atoms with E-state index in [-0.39, 0.29) is 12.1 Å². The second-order valence-electron chi connectivity index (χ2n) is 4.53. The molecule has 0 amide bonds. The minimum absolute atomic E-state index is 0.0565. The molecule has 100 valence electrons. The highest BCUT2D eigenvalue weighted by Gasteiger charge is 2.24. The van der Waals surface area contributed by atoms with E-state index in [0.717, 1.165) is 25.3 Å². The van der Waals surface area contributed by atoms with Crippen LogP contribution in [-0.4, -0.2) is 49.0 Å². The number of aromatic nitrogens is 1. The van der Waals surface area contributed by atoms with Crippen molar-refractivity contribution >= 4 is 11.5 Å². The van der Waals surface area contributed by atoms with E-state index in [1.54, 1.807) is 26.3 Å². The van der Waals surface area contributed by atoms with Crippen LogP contribution in [0.15, 0.2) is 12.3 Å². The third-order valence-corrected chi connectivity index (χ3v) is 3.22. The smallest absolute Gasteiger partial charge is 0.147 e. The normalized spacial score (nSPS) is 21.7. The zero-order valence-electron chi connectivity index (χ0n) is 10.8. The molecule has 2 rings (SSSR count). The average Bonchev–Trinajstić information content (AvgIpc) is 2.38. The van der Waals surface area contributed by atoms with Crippen molar-refractivity contribution in [3.05, 3.63) is 12.3 Å². The molecule has 2 atom stereocenters. The summed E-state index contributed by atoms with van der Waals surface area (Å²) in [4.78, 5) is 6.26. The van der Waals surface area contributed by atoms with Gasteiger partial charge in [-0.1, -0.05) is 0 Å². The van der Waals surface area contributed by atoms with E-state index in [0.29, 0.717) is 11.6 Å². The Morgan fingerprint density at radius 1 is 1.67 bits per heavy atom. The van der Waals surface area contributed by atoms with E-state index < -0.39 is 0 Å². The van der Waals surface area contributed by atoms with Crippen molar-refractivity contribution < 1.29 is 9.84 Å². The largest absolute Gasteiger partial charge is 0.494 e. The van der Waals surface area contributed by atoms with Crippen LogP contribution in [0.1, 0.15) is 6.92 Å². The first kappa shape index (κ1) is 12.9. The number of hydrogen-bond donors (Lipinski definition) is 3. The van der Waals surface area contributed by atoms with Gasteiger partial charge in [0.15, 0.2) is 0 Å². The molecule has 6 heteroatoms. The molecule has 18 heavy (non-hydrogen) atoms. The number of aliphatic hydroxyl groups is 1. The summed E-state index contributed by atoms with van der Waals surface area (Å²) in [6.45, 7) is 4.19. The molecule has 1 aliphatic rings. The monoisotopic (exact) mass is 252 g/mol. The Labute approximate surface area is 107 Å². The number of ether oxygens (including phenoxy) is 1. The van der Waals surface area contributed by atoms with Crippen molar-refractivity contribution in [1.29, 1.82) is 0 Å². The number of hydrogen-bond acceptors (Lipinski definition) is 6. The molecule has 0 saturated carbocycles. The Hall–Kier alpha value is -1.53. The summed E-state index contributed by atoms with van der Waals surface area (Å²) in [5.74, 6) is 1.16. The molecule has 0 spiro atoms.